The number of hydrogen-bond donors (Lipinski definition) is 2. The molecule has 1 heterocycles. The summed E-state index contributed by atoms with van der Waals surface area (Å²) in [7, 11) is 1.51. The molecule has 0 atom stereocenters. The molecule has 0 fully saturated rings. The Morgan fingerprint density at radius 1 is 0.875 bits per heavy atom. The zero-order valence-corrected chi connectivity index (χ0v) is 19.1. The van der Waals surface area contributed by atoms with Gasteiger partial charge in [-0.25, -0.2) is 0 Å². The van der Waals surface area contributed by atoms with Gasteiger partial charge in [-0.2, -0.15) is 0 Å². The third-order valence-electron chi connectivity index (χ3n) is 4.47. The molecular formula is C24H26N2O5S. The van der Waals surface area contributed by atoms with Gasteiger partial charge in [-0.1, -0.05) is 18.2 Å². The van der Waals surface area contributed by atoms with E-state index < -0.39 is 0 Å². The van der Waals surface area contributed by atoms with Crippen LogP contribution in [0.15, 0.2) is 53.9 Å². The van der Waals surface area contributed by atoms with Gasteiger partial charge in [-0.15, -0.1) is 11.3 Å². The summed E-state index contributed by atoms with van der Waals surface area (Å²) in [4.78, 5) is 26.4. The third-order valence-corrected chi connectivity index (χ3v) is 5.35. The number of amides is 2. The van der Waals surface area contributed by atoms with E-state index in [2.05, 4.69) is 10.6 Å². The van der Waals surface area contributed by atoms with E-state index in [1.807, 2.05) is 31.4 Å². The molecule has 0 unspecified atom stereocenters. The van der Waals surface area contributed by atoms with Gasteiger partial charge in [-0.05, 0) is 37.4 Å². The molecule has 2 amide bonds. The molecule has 3 aromatic rings. The van der Waals surface area contributed by atoms with Gasteiger partial charge in [0, 0.05) is 17.0 Å². The number of anilines is 2. The van der Waals surface area contributed by atoms with Crippen molar-refractivity contribution in [3.63, 3.8) is 0 Å². The maximum atomic E-state index is 12.9. The van der Waals surface area contributed by atoms with Gasteiger partial charge < -0.3 is 24.8 Å². The number of methoxy groups -OCH3 is 1. The Hall–Kier alpha value is -3.52. The smallest absolute Gasteiger partial charge is 0.259 e. The molecule has 0 radical (unpaired) electrons. The lowest BCUT2D eigenvalue weighted by Crippen LogP contribution is -2.17. The lowest BCUT2D eigenvalue weighted by Gasteiger charge is -2.18. The van der Waals surface area contributed by atoms with Gasteiger partial charge in [-0.3, -0.25) is 9.59 Å². The first-order chi connectivity index (χ1) is 15.5. The van der Waals surface area contributed by atoms with E-state index in [9.17, 15) is 9.59 Å². The van der Waals surface area contributed by atoms with E-state index in [4.69, 9.17) is 14.2 Å². The molecule has 32 heavy (non-hydrogen) atoms. The van der Waals surface area contributed by atoms with Crippen LogP contribution in [-0.2, 0) is 11.2 Å². The van der Waals surface area contributed by atoms with Crippen molar-refractivity contribution in [3.8, 4) is 17.2 Å². The topological polar surface area (TPSA) is 85.9 Å². The molecule has 0 saturated heterocycles. The van der Waals surface area contributed by atoms with Crippen LogP contribution in [0.2, 0.25) is 0 Å². The van der Waals surface area contributed by atoms with Crippen molar-refractivity contribution >= 4 is 34.5 Å². The highest BCUT2D eigenvalue weighted by atomic mass is 32.1. The predicted octanol–water partition coefficient (Wildman–Crippen LogP) is 4.99. The molecule has 7 nitrogen and oxygen atoms in total. The number of rotatable bonds is 10. The van der Waals surface area contributed by atoms with Crippen LogP contribution in [0.1, 0.15) is 29.1 Å². The fourth-order valence-corrected chi connectivity index (χ4v) is 3.80. The van der Waals surface area contributed by atoms with Gasteiger partial charge in [0.05, 0.1) is 43.7 Å². The second kappa shape index (κ2) is 11.2. The van der Waals surface area contributed by atoms with Crippen LogP contribution in [0.5, 0.6) is 17.2 Å². The molecule has 0 aliphatic rings. The summed E-state index contributed by atoms with van der Waals surface area (Å²) in [5.41, 5.74) is 1.30. The average molecular weight is 455 g/mol. The number of para-hydroxylation sites is 1. The second-order valence-corrected chi connectivity index (χ2v) is 7.70. The van der Waals surface area contributed by atoms with Gasteiger partial charge in [0.2, 0.25) is 5.91 Å². The summed E-state index contributed by atoms with van der Waals surface area (Å²) in [6.45, 7) is 4.47. The quantitative estimate of drug-likeness (QED) is 0.451. The number of ether oxygens (including phenoxy) is 3. The lowest BCUT2D eigenvalue weighted by atomic mass is 10.1. The Bertz CT molecular complexity index is 1070. The van der Waals surface area contributed by atoms with E-state index in [0.29, 0.717) is 47.4 Å². The number of thiophene rings is 1. The lowest BCUT2D eigenvalue weighted by molar-refractivity contribution is -0.115. The van der Waals surface area contributed by atoms with Crippen molar-refractivity contribution in [3.05, 3.63) is 64.4 Å². The van der Waals surface area contributed by atoms with Gasteiger partial charge in [0.25, 0.3) is 5.91 Å². The number of nitrogens with one attached hydrogen (secondary N) is 2. The van der Waals surface area contributed by atoms with E-state index in [-0.39, 0.29) is 18.2 Å². The predicted molar refractivity (Wildman–Crippen MR) is 126 cm³/mol. The van der Waals surface area contributed by atoms with Crippen molar-refractivity contribution < 1.29 is 23.8 Å². The molecule has 1 aromatic heterocycles. The number of carbonyl (C=O) groups is 2. The van der Waals surface area contributed by atoms with Crippen LogP contribution < -0.4 is 24.8 Å². The Morgan fingerprint density at radius 3 is 2.12 bits per heavy atom. The molecule has 3 rings (SSSR count). The van der Waals surface area contributed by atoms with Gasteiger partial charge in [0.15, 0.2) is 0 Å². The van der Waals surface area contributed by atoms with Crippen molar-refractivity contribution in [2.24, 2.45) is 0 Å². The van der Waals surface area contributed by atoms with Crippen molar-refractivity contribution in [2.75, 3.05) is 31.0 Å². The first-order valence-electron chi connectivity index (χ1n) is 10.3. The third kappa shape index (κ3) is 5.79. The zero-order valence-electron chi connectivity index (χ0n) is 18.3. The Morgan fingerprint density at radius 2 is 1.53 bits per heavy atom. The Kier molecular flexibility index (Phi) is 8.10. The first kappa shape index (κ1) is 23.1. The molecule has 0 saturated carbocycles. The van der Waals surface area contributed by atoms with E-state index in [1.165, 1.54) is 18.4 Å². The zero-order chi connectivity index (χ0) is 22.9. The number of carbonyl (C=O) groups excluding carboxylic acids is 2. The van der Waals surface area contributed by atoms with Crippen LogP contribution in [0.25, 0.3) is 0 Å². The minimum absolute atomic E-state index is 0.165. The van der Waals surface area contributed by atoms with Crippen LogP contribution >= 0.6 is 11.3 Å². The number of benzene rings is 2. The highest BCUT2D eigenvalue weighted by Crippen LogP contribution is 2.37. The highest BCUT2D eigenvalue weighted by Gasteiger charge is 2.18. The van der Waals surface area contributed by atoms with E-state index in [1.54, 1.807) is 36.4 Å². The molecule has 0 aliphatic heterocycles. The van der Waals surface area contributed by atoms with Crippen molar-refractivity contribution in [1.29, 1.82) is 0 Å². The molecule has 168 valence electrons. The summed E-state index contributed by atoms with van der Waals surface area (Å²) in [6, 6.07) is 14.1. The van der Waals surface area contributed by atoms with Gasteiger partial charge in [0.1, 0.15) is 17.2 Å². The molecule has 0 aliphatic carbocycles. The van der Waals surface area contributed by atoms with Crippen LogP contribution in [0, 0.1) is 0 Å². The van der Waals surface area contributed by atoms with Crippen LogP contribution in [-0.4, -0.2) is 32.1 Å². The molecule has 2 aromatic carbocycles. The van der Waals surface area contributed by atoms with Crippen LogP contribution in [0.3, 0.4) is 0 Å². The molecule has 0 spiro atoms. The monoisotopic (exact) mass is 454 g/mol. The largest absolute Gasteiger partial charge is 0.496 e. The summed E-state index contributed by atoms with van der Waals surface area (Å²) >= 11 is 1.52. The molecule has 2 N–H and O–H groups in total. The SMILES string of the molecule is CCOc1cc(NC(=O)c2ccccc2OC)c(OCC)cc1NC(=O)Cc1cccs1. The van der Waals surface area contributed by atoms with Crippen LogP contribution in [0.4, 0.5) is 11.4 Å². The van der Waals surface area contributed by atoms with E-state index in [0.717, 1.165) is 4.88 Å². The fourth-order valence-electron chi connectivity index (χ4n) is 3.09. The normalized spacial score (nSPS) is 10.3. The summed E-state index contributed by atoms with van der Waals surface area (Å²) < 4.78 is 16.8. The first-order valence-corrected chi connectivity index (χ1v) is 11.1. The Labute approximate surface area is 191 Å². The molecule has 0 bridgehead atoms. The maximum Gasteiger partial charge on any atom is 0.259 e. The molecule has 8 heteroatoms. The highest BCUT2D eigenvalue weighted by molar-refractivity contribution is 7.10. The fraction of sp³-hybridized carbons (Fsp3) is 0.250. The van der Waals surface area contributed by atoms with Crippen molar-refractivity contribution in [1.82, 2.24) is 0 Å². The summed E-state index contributed by atoms with van der Waals surface area (Å²) in [5, 5.41) is 7.69. The minimum atomic E-state index is -0.347. The maximum absolute atomic E-state index is 12.9. The standard InChI is InChI=1S/C24H26N2O5S/c1-4-30-21-15-19(26-24(28)17-10-6-7-11-20(17)29-3)22(31-5-2)14-18(21)25-23(27)13-16-9-8-12-32-16/h6-12,14-15H,4-5,13H2,1-3H3,(H,25,27)(H,26,28). The molecular weight excluding hydrogens is 428 g/mol. The summed E-state index contributed by atoms with van der Waals surface area (Å²) in [5.74, 6) is 0.809. The van der Waals surface area contributed by atoms with Crippen molar-refractivity contribution in [2.45, 2.75) is 20.3 Å². The Balaban J connectivity index is 1.89. The average Bonchev–Trinajstić information content (AvgIpc) is 3.29. The van der Waals surface area contributed by atoms with E-state index >= 15 is 0 Å². The minimum Gasteiger partial charge on any atom is -0.496 e. The second-order valence-electron chi connectivity index (χ2n) is 6.67. The summed E-state index contributed by atoms with van der Waals surface area (Å²) in [6.07, 6.45) is 0.263. The number of hydrogen-bond acceptors (Lipinski definition) is 6. The van der Waals surface area contributed by atoms with Gasteiger partial charge >= 0.3 is 0 Å².